The van der Waals surface area contributed by atoms with Gasteiger partial charge in [-0.1, -0.05) is 24.3 Å². The van der Waals surface area contributed by atoms with E-state index in [0.29, 0.717) is 24.0 Å². The topological polar surface area (TPSA) is 183 Å². The van der Waals surface area contributed by atoms with Gasteiger partial charge in [0.1, 0.15) is 23.6 Å². The fourth-order valence-electron chi connectivity index (χ4n) is 7.14. The molecule has 2 aliphatic carbocycles. The van der Waals surface area contributed by atoms with Crippen LogP contribution in [0.3, 0.4) is 0 Å². The summed E-state index contributed by atoms with van der Waals surface area (Å²) in [4.78, 5) is 83.7. The molecule has 294 valence electrons. The number of benzene rings is 1. The van der Waals surface area contributed by atoms with Gasteiger partial charge in [0.05, 0.1) is 42.1 Å². The lowest BCUT2D eigenvalue weighted by Crippen LogP contribution is -2.49. The van der Waals surface area contributed by atoms with Gasteiger partial charge in [0.2, 0.25) is 21.8 Å². The number of amides is 3. The number of hydrogen-bond acceptors (Lipinski definition) is 11. The fourth-order valence-corrected chi connectivity index (χ4v) is 8.52. The number of carbonyl (C=O) groups is 6. The molecule has 0 radical (unpaired) electrons. The number of nitrogens with one attached hydrogen (secondary N) is 1. The molecule has 0 bridgehead atoms. The number of esters is 2. The second kappa shape index (κ2) is 15.6. The Balaban J connectivity index is 1.41. The average Bonchev–Trinajstić information content (AvgIpc) is 3.97. The van der Waals surface area contributed by atoms with Gasteiger partial charge in [0.25, 0.3) is 0 Å². The predicted octanol–water partition coefficient (Wildman–Crippen LogP) is 3.86. The van der Waals surface area contributed by atoms with Crippen molar-refractivity contribution in [2.24, 2.45) is 17.3 Å². The first-order valence-corrected chi connectivity index (χ1v) is 19.6. The Hall–Kier alpha value is -4.60. The monoisotopic (exact) mass is 773 g/mol. The number of ketones is 1. The van der Waals surface area contributed by atoms with E-state index in [4.69, 9.17) is 14.2 Å². The van der Waals surface area contributed by atoms with Gasteiger partial charge in [-0.3, -0.25) is 28.8 Å². The number of hydrogen-bond donors (Lipinski definition) is 1. The minimum atomic E-state index is -3.94. The highest BCUT2D eigenvalue weighted by atomic mass is 32.2. The van der Waals surface area contributed by atoms with Crippen LogP contribution in [0.4, 0.5) is 9.18 Å². The summed E-state index contributed by atoms with van der Waals surface area (Å²) in [7, 11) is -3.94. The molecule has 1 saturated heterocycles. The summed E-state index contributed by atoms with van der Waals surface area (Å²) in [6.07, 6.45) is 0.878. The van der Waals surface area contributed by atoms with E-state index in [9.17, 15) is 41.6 Å². The predicted molar refractivity (Wildman–Crippen MR) is 191 cm³/mol. The highest BCUT2D eigenvalue weighted by molar-refractivity contribution is 7.90. The van der Waals surface area contributed by atoms with Crippen LogP contribution in [0.1, 0.15) is 84.3 Å². The first kappa shape index (κ1) is 40.6. The summed E-state index contributed by atoms with van der Waals surface area (Å²) in [5.41, 5.74) is -1.37. The number of Topliss-reactive ketones (excluding diaryl/α,β-unsaturated/α-hetero) is 1. The number of allylic oxidation sites excluding steroid dienone is 2. The van der Waals surface area contributed by atoms with Crippen molar-refractivity contribution in [1.29, 1.82) is 0 Å². The molecule has 5 rings (SSSR count). The number of rotatable bonds is 14. The standard InChI is InChI=1S/C38H48FN3O11S/c1-7-10-32(44)51-22(3)27(16-33(45)53-37(4,5)6)34(46)42-20-25(52-36(48)41-19-23-11-9-12-29(39)28(23)21-41)15-30(42)31(43)18-38(17-24(38)8-2)35(47)40-54(49,50)26-13-14-26/h7-12,22,24-27,30H,2,13-21H2,1,3-6H3,(H,40,47)/b10-7+/t22?,24-,25-,27+,30+,38-/m1/s1. The molecule has 4 aliphatic rings. The van der Waals surface area contributed by atoms with E-state index in [1.165, 1.54) is 36.1 Å². The largest absolute Gasteiger partial charge is 0.460 e. The summed E-state index contributed by atoms with van der Waals surface area (Å²) in [5.74, 6) is -6.05. The maximum Gasteiger partial charge on any atom is 0.410 e. The van der Waals surface area contributed by atoms with Crippen molar-refractivity contribution in [2.75, 3.05) is 6.54 Å². The Kier molecular flexibility index (Phi) is 11.7. The number of likely N-dealkylation sites (tertiary alicyclic amines) is 1. The zero-order valence-corrected chi connectivity index (χ0v) is 32.0. The maximum absolute atomic E-state index is 14.5. The summed E-state index contributed by atoms with van der Waals surface area (Å²) in [5, 5.41) is -0.681. The number of fused-ring (bicyclic) bond motifs is 1. The number of sulfonamides is 1. The Morgan fingerprint density at radius 1 is 1.13 bits per heavy atom. The van der Waals surface area contributed by atoms with E-state index in [0.717, 1.165) is 11.0 Å². The molecule has 2 saturated carbocycles. The van der Waals surface area contributed by atoms with E-state index in [2.05, 4.69) is 11.3 Å². The molecule has 16 heteroatoms. The third-order valence-corrected chi connectivity index (χ3v) is 12.0. The fraction of sp³-hybridized carbons (Fsp3) is 0.579. The molecule has 1 unspecified atom stereocenters. The van der Waals surface area contributed by atoms with Gasteiger partial charge in [-0.05, 0) is 71.4 Å². The third kappa shape index (κ3) is 9.19. The van der Waals surface area contributed by atoms with E-state index in [1.807, 2.05) is 0 Å². The van der Waals surface area contributed by atoms with Crippen LogP contribution in [0, 0.1) is 23.1 Å². The van der Waals surface area contributed by atoms with Gasteiger partial charge in [0, 0.05) is 31.0 Å². The van der Waals surface area contributed by atoms with E-state index in [1.54, 1.807) is 33.8 Å². The van der Waals surface area contributed by atoms with Gasteiger partial charge in [-0.2, -0.15) is 0 Å². The molecule has 3 amide bonds. The van der Waals surface area contributed by atoms with Gasteiger partial charge in [-0.25, -0.2) is 22.4 Å². The van der Waals surface area contributed by atoms with Crippen LogP contribution in [0.5, 0.6) is 0 Å². The minimum absolute atomic E-state index is 0.0457. The quantitative estimate of drug-likeness (QED) is 0.125. The van der Waals surface area contributed by atoms with Crippen LogP contribution in [0.25, 0.3) is 0 Å². The molecule has 0 spiro atoms. The lowest BCUT2D eigenvalue weighted by Gasteiger charge is -2.31. The van der Waals surface area contributed by atoms with E-state index < -0.39 is 111 Å². The van der Waals surface area contributed by atoms with Crippen LogP contribution in [-0.4, -0.2) is 89.5 Å². The first-order valence-electron chi connectivity index (χ1n) is 18.1. The Morgan fingerprint density at radius 3 is 2.43 bits per heavy atom. The van der Waals surface area contributed by atoms with Crippen LogP contribution < -0.4 is 4.72 Å². The van der Waals surface area contributed by atoms with Crippen molar-refractivity contribution < 1.29 is 55.8 Å². The van der Waals surface area contributed by atoms with Gasteiger partial charge >= 0.3 is 18.0 Å². The SMILES string of the molecule is C=C[C@@H]1C[C@]1(CC(=O)[C@@H]1C[C@@H](OC(=O)N2Cc3cccc(F)c3C2)CN1C(=O)[C@@H](CC(=O)OC(C)(C)C)C(C)OC(=O)/C=C/C)C(=O)NS(=O)(=O)C1CC1. The van der Waals surface area contributed by atoms with Gasteiger partial charge < -0.3 is 19.1 Å². The number of ether oxygens (including phenoxy) is 3. The Labute approximate surface area is 314 Å². The molecular weight excluding hydrogens is 725 g/mol. The molecular formula is C38H48FN3O11S. The van der Waals surface area contributed by atoms with Crippen molar-refractivity contribution in [3.05, 3.63) is 60.0 Å². The minimum Gasteiger partial charge on any atom is -0.460 e. The number of nitrogens with zero attached hydrogens (tertiary/aromatic N) is 2. The van der Waals surface area contributed by atoms with Crippen molar-refractivity contribution in [1.82, 2.24) is 14.5 Å². The molecule has 3 fully saturated rings. The molecule has 54 heavy (non-hydrogen) atoms. The molecule has 2 aliphatic heterocycles. The second-order valence-corrected chi connectivity index (χ2v) is 17.5. The third-order valence-electron chi connectivity index (χ3n) is 10.2. The molecule has 2 heterocycles. The van der Waals surface area contributed by atoms with Crippen LogP contribution in [0.15, 0.2) is 43.0 Å². The lowest BCUT2D eigenvalue weighted by molar-refractivity contribution is -0.164. The summed E-state index contributed by atoms with van der Waals surface area (Å²) >= 11 is 0. The summed E-state index contributed by atoms with van der Waals surface area (Å²) in [6.45, 7) is 11.5. The second-order valence-electron chi connectivity index (χ2n) is 15.5. The molecule has 6 atom stereocenters. The molecule has 0 aromatic heterocycles. The van der Waals surface area contributed by atoms with E-state index in [-0.39, 0.29) is 32.5 Å². The normalized spacial score (nSPS) is 24.7. The Bertz CT molecular complexity index is 1850. The van der Waals surface area contributed by atoms with Crippen molar-refractivity contribution >= 4 is 45.7 Å². The van der Waals surface area contributed by atoms with Crippen molar-refractivity contribution in [3.63, 3.8) is 0 Å². The number of halogens is 1. The highest BCUT2D eigenvalue weighted by Gasteiger charge is 2.61. The summed E-state index contributed by atoms with van der Waals surface area (Å²) in [6, 6.07) is 3.25. The van der Waals surface area contributed by atoms with Crippen LogP contribution in [-0.2, 0) is 61.3 Å². The molecule has 1 aromatic rings. The van der Waals surface area contributed by atoms with Crippen LogP contribution >= 0.6 is 0 Å². The average molecular weight is 774 g/mol. The van der Waals surface area contributed by atoms with Crippen LogP contribution in [0.2, 0.25) is 0 Å². The molecule has 1 aromatic carbocycles. The van der Waals surface area contributed by atoms with Crippen molar-refractivity contribution in [3.8, 4) is 0 Å². The zero-order valence-electron chi connectivity index (χ0n) is 31.2. The van der Waals surface area contributed by atoms with E-state index >= 15 is 0 Å². The smallest absolute Gasteiger partial charge is 0.410 e. The van der Waals surface area contributed by atoms with Gasteiger partial charge in [0.15, 0.2) is 5.78 Å². The maximum atomic E-state index is 14.5. The van der Waals surface area contributed by atoms with Crippen molar-refractivity contribution in [2.45, 2.75) is 115 Å². The molecule has 14 nitrogen and oxygen atoms in total. The highest BCUT2D eigenvalue weighted by Crippen LogP contribution is 2.57. The zero-order chi connectivity index (χ0) is 39.7. The lowest BCUT2D eigenvalue weighted by atomic mass is 9.90. The van der Waals surface area contributed by atoms with Gasteiger partial charge in [-0.15, -0.1) is 6.58 Å². The number of carbonyl (C=O) groups excluding carboxylic acids is 6. The molecule has 1 N–H and O–H groups in total. The summed E-state index contributed by atoms with van der Waals surface area (Å²) < 4.78 is 58.7. The first-order chi connectivity index (χ1) is 25.3. The Morgan fingerprint density at radius 2 is 1.83 bits per heavy atom.